The van der Waals surface area contributed by atoms with Gasteiger partial charge in [0.2, 0.25) is 5.95 Å². The lowest BCUT2D eigenvalue weighted by atomic mass is 9.90. The number of hydrogen-bond donors (Lipinski definition) is 3. The van der Waals surface area contributed by atoms with E-state index in [1.165, 1.54) is 0 Å². The van der Waals surface area contributed by atoms with Crippen molar-refractivity contribution in [1.82, 2.24) is 20.2 Å². The third-order valence-corrected chi connectivity index (χ3v) is 9.56. The number of hydrogen-bond acceptors (Lipinski definition) is 9. The van der Waals surface area contributed by atoms with Gasteiger partial charge in [-0.25, -0.2) is 14.8 Å². The monoisotopic (exact) mass is 700 g/mol. The van der Waals surface area contributed by atoms with E-state index in [-0.39, 0.29) is 30.8 Å². The fraction of sp³-hybridized carbons (Fsp3) is 0.293. The van der Waals surface area contributed by atoms with E-state index in [2.05, 4.69) is 37.3 Å². The SMILES string of the molecule is CC1C(CN2CCN(c3ncccn3)CC2)OC(c2ccc(CNC(=O)Nc3ccc(Oc4ccccc4)cc3)cc2)OC1c1ccc(CO)cc1. The van der Waals surface area contributed by atoms with Crippen molar-refractivity contribution < 1.29 is 24.1 Å². The van der Waals surface area contributed by atoms with Gasteiger partial charge < -0.3 is 34.9 Å². The molecule has 2 aliphatic rings. The van der Waals surface area contributed by atoms with Gasteiger partial charge in [0.05, 0.1) is 18.8 Å². The summed E-state index contributed by atoms with van der Waals surface area (Å²) in [7, 11) is 0. The number of aliphatic hydroxyl groups is 1. The highest BCUT2D eigenvalue weighted by Gasteiger charge is 2.39. The first-order chi connectivity index (χ1) is 25.5. The molecule has 4 unspecified atom stereocenters. The fourth-order valence-corrected chi connectivity index (χ4v) is 6.55. The molecule has 3 N–H and O–H groups in total. The Kier molecular flexibility index (Phi) is 11.3. The Labute approximate surface area is 304 Å². The van der Waals surface area contributed by atoms with Gasteiger partial charge in [-0.15, -0.1) is 0 Å². The van der Waals surface area contributed by atoms with Crippen molar-refractivity contribution in [1.29, 1.82) is 0 Å². The van der Waals surface area contributed by atoms with Gasteiger partial charge in [-0.1, -0.05) is 73.7 Å². The topological polar surface area (TPSA) is 121 Å². The Morgan fingerprint density at radius 1 is 0.788 bits per heavy atom. The van der Waals surface area contributed by atoms with Crippen LogP contribution in [0.5, 0.6) is 11.5 Å². The number of nitrogens with zero attached hydrogens (tertiary/aromatic N) is 4. The van der Waals surface area contributed by atoms with Gasteiger partial charge in [-0.2, -0.15) is 0 Å². The first-order valence-electron chi connectivity index (χ1n) is 17.7. The molecule has 52 heavy (non-hydrogen) atoms. The Balaban J connectivity index is 0.963. The minimum absolute atomic E-state index is 0.00367. The first-order valence-corrected chi connectivity index (χ1v) is 17.7. The maximum atomic E-state index is 12.7. The molecule has 0 radical (unpaired) electrons. The Morgan fingerprint density at radius 3 is 2.13 bits per heavy atom. The zero-order chi connectivity index (χ0) is 35.7. The lowest BCUT2D eigenvalue weighted by Gasteiger charge is -2.44. The lowest BCUT2D eigenvalue weighted by Crippen LogP contribution is -2.51. The van der Waals surface area contributed by atoms with Crippen LogP contribution in [0.3, 0.4) is 0 Å². The van der Waals surface area contributed by atoms with Crippen molar-refractivity contribution in [2.45, 2.75) is 38.6 Å². The van der Waals surface area contributed by atoms with Crippen LogP contribution < -0.4 is 20.3 Å². The van der Waals surface area contributed by atoms with Gasteiger partial charge >= 0.3 is 6.03 Å². The van der Waals surface area contributed by atoms with Crippen LogP contribution in [0.4, 0.5) is 16.4 Å². The van der Waals surface area contributed by atoms with Gasteiger partial charge in [0.1, 0.15) is 11.5 Å². The lowest BCUT2D eigenvalue weighted by molar-refractivity contribution is -0.276. The number of carbonyl (C=O) groups is 1. The Bertz CT molecular complexity index is 1860. The van der Waals surface area contributed by atoms with Crippen molar-refractivity contribution in [3.05, 3.63) is 144 Å². The molecule has 3 heterocycles. The van der Waals surface area contributed by atoms with E-state index in [1.54, 1.807) is 24.5 Å². The minimum atomic E-state index is -0.568. The van der Waals surface area contributed by atoms with Gasteiger partial charge in [0.25, 0.3) is 0 Å². The standard InChI is InChI=1S/C41H44N6O5/c1-29-37(27-46-22-24-47(25-23-46)40-42-20-5-21-43-40)51-39(52-38(29)32-12-10-31(28-48)11-13-32)33-14-8-30(9-15-33)26-44-41(49)45-34-16-18-36(19-17-34)50-35-6-3-2-4-7-35/h2-21,29,37-39,48H,22-28H2,1H3,(H2,44,45,49). The van der Waals surface area contributed by atoms with Crippen LogP contribution >= 0.6 is 0 Å². The summed E-state index contributed by atoms with van der Waals surface area (Å²) in [6.45, 7) is 6.78. The Morgan fingerprint density at radius 2 is 1.44 bits per heavy atom. The molecule has 4 atom stereocenters. The summed E-state index contributed by atoms with van der Waals surface area (Å²) in [5.74, 6) is 2.29. The third kappa shape index (κ3) is 8.93. The second-order valence-electron chi connectivity index (χ2n) is 13.1. The molecule has 2 aliphatic heterocycles. The van der Waals surface area contributed by atoms with E-state index in [0.29, 0.717) is 18.0 Å². The first kappa shape index (κ1) is 35.1. The zero-order valence-corrected chi connectivity index (χ0v) is 29.2. The van der Waals surface area contributed by atoms with Crippen LogP contribution in [0.1, 0.15) is 41.6 Å². The molecule has 7 rings (SSSR count). The average Bonchev–Trinajstić information content (AvgIpc) is 3.20. The van der Waals surface area contributed by atoms with E-state index >= 15 is 0 Å². The van der Waals surface area contributed by atoms with E-state index in [4.69, 9.17) is 14.2 Å². The molecule has 11 heteroatoms. The number of nitrogens with one attached hydrogen (secondary N) is 2. The van der Waals surface area contributed by atoms with Crippen molar-refractivity contribution >= 4 is 17.7 Å². The molecular weight excluding hydrogens is 656 g/mol. The van der Waals surface area contributed by atoms with Gasteiger partial charge in [-0.05, 0) is 59.2 Å². The summed E-state index contributed by atoms with van der Waals surface area (Å²) in [5.41, 5.74) is 4.44. The molecule has 0 spiro atoms. The van der Waals surface area contributed by atoms with Gasteiger partial charge in [-0.3, -0.25) is 4.90 Å². The third-order valence-electron chi connectivity index (χ3n) is 9.56. The van der Waals surface area contributed by atoms with Crippen LogP contribution in [0, 0.1) is 5.92 Å². The molecule has 1 aromatic heterocycles. The number of piperazine rings is 1. The summed E-state index contributed by atoms with van der Waals surface area (Å²) >= 11 is 0. The maximum Gasteiger partial charge on any atom is 0.319 e. The summed E-state index contributed by atoms with van der Waals surface area (Å²) in [6.07, 6.45) is 2.72. The number of para-hydroxylation sites is 1. The summed E-state index contributed by atoms with van der Waals surface area (Å²) < 4.78 is 19.2. The maximum absolute atomic E-state index is 12.7. The molecule has 0 saturated carbocycles. The Hall–Kier alpha value is -5.33. The largest absolute Gasteiger partial charge is 0.457 e. The van der Waals surface area contributed by atoms with E-state index in [0.717, 1.165) is 66.7 Å². The minimum Gasteiger partial charge on any atom is -0.457 e. The van der Waals surface area contributed by atoms with Crippen molar-refractivity contribution in [2.75, 3.05) is 42.9 Å². The van der Waals surface area contributed by atoms with Crippen LogP contribution in [-0.4, -0.2) is 64.8 Å². The van der Waals surface area contributed by atoms with Crippen LogP contribution in [0.25, 0.3) is 0 Å². The number of aromatic nitrogens is 2. The highest BCUT2D eigenvalue weighted by Crippen LogP contribution is 2.42. The van der Waals surface area contributed by atoms with Gasteiger partial charge in [0.15, 0.2) is 6.29 Å². The highest BCUT2D eigenvalue weighted by molar-refractivity contribution is 5.89. The number of aliphatic hydroxyl groups excluding tert-OH is 1. The number of urea groups is 1. The number of benzene rings is 4. The number of anilines is 2. The van der Waals surface area contributed by atoms with Crippen molar-refractivity contribution in [3.63, 3.8) is 0 Å². The van der Waals surface area contributed by atoms with E-state index in [1.807, 2.05) is 97.1 Å². The summed E-state index contributed by atoms with van der Waals surface area (Å²) in [4.78, 5) is 26.2. The predicted molar refractivity (Wildman–Crippen MR) is 199 cm³/mol. The van der Waals surface area contributed by atoms with Crippen molar-refractivity contribution in [2.24, 2.45) is 5.92 Å². The number of amides is 2. The fourth-order valence-electron chi connectivity index (χ4n) is 6.55. The van der Waals surface area contributed by atoms with Gasteiger partial charge in [0, 0.05) is 68.8 Å². The predicted octanol–water partition coefficient (Wildman–Crippen LogP) is 6.70. The summed E-state index contributed by atoms with van der Waals surface area (Å²) in [5, 5.41) is 15.4. The number of carbonyl (C=O) groups excluding carboxylic acids is 1. The molecule has 0 bridgehead atoms. The zero-order valence-electron chi connectivity index (χ0n) is 29.2. The second-order valence-corrected chi connectivity index (χ2v) is 13.1. The smallest absolute Gasteiger partial charge is 0.319 e. The van der Waals surface area contributed by atoms with Crippen LogP contribution in [-0.2, 0) is 22.6 Å². The molecule has 0 aliphatic carbocycles. The number of rotatable bonds is 11. The molecular formula is C41H44N6O5. The van der Waals surface area contributed by atoms with E-state index in [9.17, 15) is 9.90 Å². The van der Waals surface area contributed by atoms with Crippen LogP contribution in [0.15, 0.2) is 122 Å². The summed E-state index contributed by atoms with van der Waals surface area (Å²) in [6, 6.07) is 34.3. The molecule has 5 aromatic rings. The molecule has 2 amide bonds. The molecule has 268 valence electrons. The van der Waals surface area contributed by atoms with Crippen molar-refractivity contribution in [3.8, 4) is 11.5 Å². The molecule has 2 fully saturated rings. The average molecular weight is 701 g/mol. The number of ether oxygens (including phenoxy) is 3. The molecule has 11 nitrogen and oxygen atoms in total. The van der Waals surface area contributed by atoms with Crippen LogP contribution in [0.2, 0.25) is 0 Å². The molecule has 2 saturated heterocycles. The highest BCUT2D eigenvalue weighted by atomic mass is 16.7. The normalized spacial score (nSPS) is 20.6. The molecule has 4 aromatic carbocycles. The second kappa shape index (κ2) is 16.8. The quantitative estimate of drug-likeness (QED) is 0.138. The van der Waals surface area contributed by atoms with E-state index < -0.39 is 6.29 Å².